The van der Waals surface area contributed by atoms with Gasteiger partial charge in [-0.15, -0.1) is 0 Å². The molecule has 0 unspecified atom stereocenters. The summed E-state index contributed by atoms with van der Waals surface area (Å²) in [5, 5.41) is 1.25. The second-order valence-corrected chi connectivity index (χ2v) is 5.54. The molecule has 0 bridgehead atoms. The normalized spacial score (nSPS) is 10.2. The predicted molar refractivity (Wildman–Crippen MR) is 97.5 cm³/mol. The van der Waals surface area contributed by atoms with E-state index in [0.717, 1.165) is 0 Å². The zero-order valence-electron chi connectivity index (χ0n) is 14.1. The summed E-state index contributed by atoms with van der Waals surface area (Å²) in [7, 11) is 0. The van der Waals surface area contributed by atoms with E-state index in [2.05, 4.69) is 6.58 Å². The van der Waals surface area contributed by atoms with Crippen molar-refractivity contribution in [2.45, 2.75) is 6.92 Å². The molecule has 0 fully saturated rings. The first-order valence-electron chi connectivity index (χ1n) is 7.89. The van der Waals surface area contributed by atoms with Crippen LogP contribution in [0.25, 0.3) is 10.8 Å². The van der Waals surface area contributed by atoms with E-state index >= 15 is 0 Å². The Morgan fingerprint density at radius 3 is 1.85 bits per heavy atom. The molecule has 0 radical (unpaired) electrons. The summed E-state index contributed by atoms with van der Waals surface area (Å²) in [5.74, 6) is 0.523. The topological polar surface area (TPSA) is 61.8 Å². The molecule has 0 spiro atoms. The lowest BCUT2D eigenvalue weighted by Crippen LogP contribution is -2.14. The Bertz CT molecular complexity index is 976. The number of hydrogen-bond acceptors (Lipinski definition) is 5. The van der Waals surface area contributed by atoms with Crippen molar-refractivity contribution in [3.8, 4) is 17.2 Å². The lowest BCUT2D eigenvalue weighted by Gasteiger charge is -2.11. The highest BCUT2D eigenvalue weighted by Gasteiger charge is 2.15. The minimum absolute atomic E-state index is 0.292. The summed E-state index contributed by atoms with van der Waals surface area (Å²) in [5.41, 5.74) is 0.292. The summed E-state index contributed by atoms with van der Waals surface area (Å²) in [4.78, 5) is 23.8. The first-order valence-corrected chi connectivity index (χ1v) is 7.89. The highest BCUT2D eigenvalue weighted by atomic mass is 16.7. The molecule has 5 heteroatoms. The van der Waals surface area contributed by atoms with Crippen LogP contribution in [-0.2, 0) is 4.79 Å². The molecule has 3 aromatic rings. The smallest absolute Gasteiger partial charge is 0.423 e. The molecule has 0 saturated carbocycles. The van der Waals surface area contributed by atoms with Gasteiger partial charge in [-0.2, -0.15) is 0 Å². The van der Waals surface area contributed by atoms with Crippen molar-refractivity contribution in [2.24, 2.45) is 0 Å². The Balaban J connectivity index is 1.87. The minimum Gasteiger partial charge on any atom is -0.423 e. The molecule has 5 nitrogen and oxygen atoms in total. The molecule has 0 saturated heterocycles. The van der Waals surface area contributed by atoms with E-state index in [1.165, 1.54) is 0 Å². The van der Waals surface area contributed by atoms with Crippen molar-refractivity contribution in [3.05, 3.63) is 78.9 Å². The maximum Gasteiger partial charge on any atom is 0.519 e. The molecule has 3 aromatic carbocycles. The minimum atomic E-state index is -0.854. The number of hydrogen-bond donors (Lipinski definition) is 0. The summed E-state index contributed by atoms with van der Waals surface area (Å²) in [6, 6.07) is 18.9. The SMILES string of the molecule is C=C(C)C(=O)Oc1ccc(OC(=O)Oc2ccccc2)c2ccccc12. The second-order valence-electron chi connectivity index (χ2n) is 5.54. The fraction of sp³-hybridized carbons (Fsp3) is 0.0476. The number of benzene rings is 3. The van der Waals surface area contributed by atoms with Gasteiger partial charge in [0.25, 0.3) is 0 Å². The van der Waals surface area contributed by atoms with Crippen molar-refractivity contribution in [1.29, 1.82) is 0 Å². The van der Waals surface area contributed by atoms with Gasteiger partial charge in [0.1, 0.15) is 17.2 Å². The first kappa shape index (κ1) is 17.2. The number of carbonyl (C=O) groups is 2. The molecule has 0 aliphatic rings. The third-order valence-electron chi connectivity index (χ3n) is 3.53. The molecule has 0 aliphatic heterocycles. The predicted octanol–water partition coefficient (Wildman–Crippen LogP) is 4.90. The number of fused-ring (bicyclic) bond motifs is 1. The summed E-state index contributed by atoms with van der Waals surface area (Å²) in [6.07, 6.45) is -0.854. The van der Waals surface area contributed by atoms with E-state index in [9.17, 15) is 9.59 Å². The quantitative estimate of drug-likeness (QED) is 0.290. The number of para-hydroxylation sites is 1. The summed E-state index contributed by atoms with van der Waals surface area (Å²) < 4.78 is 15.8. The van der Waals surface area contributed by atoms with Crippen molar-refractivity contribution in [2.75, 3.05) is 0 Å². The van der Waals surface area contributed by atoms with Crippen molar-refractivity contribution in [1.82, 2.24) is 0 Å². The molecule has 0 aromatic heterocycles. The molecule has 0 atom stereocenters. The van der Waals surface area contributed by atoms with Crippen LogP contribution in [0.4, 0.5) is 4.79 Å². The average molecular weight is 348 g/mol. The average Bonchev–Trinajstić information content (AvgIpc) is 2.64. The molecular formula is C21H16O5. The lowest BCUT2D eigenvalue weighted by molar-refractivity contribution is -0.129. The zero-order chi connectivity index (χ0) is 18.5. The Morgan fingerprint density at radius 1 is 0.731 bits per heavy atom. The van der Waals surface area contributed by atoms with Crippen LogP contribution in [0, 0.1) is 0 Å². The van der Waals surface area contributed by atoms with Gasteiger partial charge in [-0.25, -0.2) is 9.59 Å². The number of ether oxygens (including phenoxy) is 3. The Kier molecular flexibility index (Phi) is 4.99. The van der Waals surface area contributed by atoms with E-state index in [1.807, 2.05) is 6.07 Å². The van der Waals surface area contributed by atoms with Gasteiger partial charge in [-0.3, -0.25) is 0 Å². The van der Waals surface area contributed by atoms with Gasteiger partial charge in [-0.05, 0) is 31.2 Å². The van der Waals surface area contributed by atoms with Crippen LogP contribution in [0.3, 0.4) is 0 Å². The molecule has 3 rings (SSSR count). The number of rotatable bonds is 4. The Morgan fingerprint density at radius 2 is 1.27 bits per heavy atom. The Labute approximate surface area is 150 Å². The fourth-order valence-electron chi connectivity index (χ4n) is 2.30. The largest absolute Gasteiger partial charge is 0.519 e. The van der Waals surface area contributed by atoms with Crippen molar-refractivity contribution < 1.29 is 23.8 Å². The van der Waals surface area contributed by atoms with Gasteiger partial charge >= 0.3 is 12.1 Å². The van der Waals surface area contributed by atoms with Gasteiger partial charge in [0.15, 0.2) is 0 Å². The van der Waals surface area contributed by atoms with Crippen molar-refractivity contribution in [3.63, 3.8) is 0 Å². The fourth-order valence-corrected chi connectivity index (χ4v) is 2.30. The van der Waals surface area contributed by atoms with Crippen LogP contribution in [0.2, 0.25) is 0 Å². The third-order valence-corrected chi connectivity index (χ3v) is 3.53. The van der Waals surface area contributed by atoms with Crippen LogP contribution in [-0.4, -0.2) is 12.1 Å². The standard InChI is InChI=1S/C21H16O5/c1-14(2)20(22)25-18-12-13-19(17-11-7-6-10-16(17)18)26-21(23)24-15-8-4-3-5-9-15/h3-13H,1H2,2H3. The van der Waals surface area contributed by atoms with E-state index in [1.54, 1.807) is 67.6 Å². The molecule has 26 heavy (non-hydrogen) atoms. The molecule has 0 N–H and O–H groups in total. The monoisotopic (exact) mass is 348 g/mol. The first-order chi connectivity index (χ1) is 12.5. The van der Waals surface area contributed by atoms with Crippen LogP contribution in [0.1, 0.15) is 6.92 Å². The van der Waals surface area contributed by atoms with E-state index in [4.69, 9.17) is 14.2 Å². The number of carbonyl (C=O) groups excluding carboxylic acids is 2. The Hall–Kier alpha value is -3.60. The number of esters is 1. The highest BCUT2D eigenvalue weighted by molar-refractivity contribution is 5.97. The molecule has 0 aliphatic carbocycles. The van der Waals surface area contributed by atoms with E-state index < -0.39 is 12.1 Å². The molecule has 0 amide bonds. The highest BCUT2D eigenvalue weighted by Crippen LogP contribution is 2.33. The lowest BCUT2D eigenvalue weighted by atomic mass is 10.1. The van der Waals surface area contributed by atoms with Gasteiger partial charge in [0.2, 0.25) is 0 Å². The van der Waals surface area contributed by atoms with Gasteiger partial charge in [0.05, 0.1) is 0 Å². The molecular weight excluding hydrogens is 332 g/mol. The van der Waals surface area contributed by atoms with E-state index in [-0.39, 0.29) is 0 Å². The van der Waals surface area contributed by atoms with Crippen LogP contribution < -0.4 is 14.2 Å². The maximum atomic E-state index is 12.0. The van der Waals surface area contributed by atoms with Crippen LogP contribution >= 0.6 is 0 Å². The van der Waals surface area contributed by atoms with E-state index in [0.29, 0.717) is 33.6 Å². The third kappa shape index (κ3) is 3.89. The summed E-state index contributed by atoms with van der Waals surface area (Å²) in [6.45, 7) is 5.14. The van der Waals surface area contributed by atoms with Crippen LogP contribution in [0.15, 0.2) is 78.9 Å². The maximum absolute atomic E-state index is 12.0. The van der Waals surface area contributed by atoms with Crippen LogP contribution in [0.5, 0.6) is 17.2 Å². The van der Waals surface area contributed by atoms with Crippen molar-refractivity contribution >= 4 is 22.9 Å². The second kappa shape index (κ2) is 7.53. The zero-order valence-corrected chi connectivity index (χ0v) is 14.1. The van der Waals surface area contributed by atoms with Gasteiger partial charge in [-0.1, -0.05) is 49.0 Å². The van der Waals surface area contributed by atoms with Gasteiger partial charge in [0, 0.05) is 16.3 Å². The summed E-state index contributed by atoms with van der Waals surface area (Å²) >= 11 is 0. The molecule has 0 heterocycles. The van der Waals surface area contributed by atoms with Gasteiger partial charge < -0.3 is 14.2 Å². The molecule has 130 valence electrons.